The highest BCUT2D eigenvalue weighted by atomic mass is 32.2. The highest BCUT2D eigenvalue weighted by molar-refractivity contribution is 7.89. The molecule has 1 amide bonds. The molecule has 0 spiro atoms. The Hall–Kier alpha value is -1.61. The summed E-state index contributed by atoms with van der Waals surface area (Å²) in [6, 6.07) is 6.77. The topological polar surface area (TPSA) is 57.7 Å². The van der Waals surface area contributed by atoms with Crippen LogP contribution in [0.25, 0.3) is 0 Å². The molecule has 1 aromatic carbocycles. The molecule has 0 radical (unpaired) electrons. The van der Waals surface area contributed by atoms with Gasteiger partial charge < -0.3 is 4.90 Å². The van der Waals surface area contributed by atoms with Crippen LogP contribution in [0.1, 0.15) is 52.0 Å². The highest BCUT2D eigenvalue weighted by Gasteiger charge is 2.49. The number of piperazine rings is 1. The lowest BCUT2D eigenvalue weighted by Gasteiger charge is -2.39. The molecule has 2 aliphatic rings. The van der Waals surface area contributed by atoms with E-state index >= 15 is 0 Å². The Morgan fingerprint density at radius 3 is 2.00 bits per heavy atom. The molecule has 5 nitrogen and oxygen atoms in total. The van der Waals surface area contributed by atoms with Crippen molar-refractivity contribution in [1.82, 2.24) is 9.21 Å². The predicted octanol–water partition coefficient (Wildman–Crippen LogP) is 4.19. The van der Waals surface area contributed by atoms with E-state index < -0.39 is 33.9 Å². The van der Waals surface area contributed by atoms with Crippen molar-refractivity contribution >= 4 is 15.9 Å². The normalized spacial score (nSPS) is 24.3. The molecule has 0 bridgehead atoms. The molecule has 31 heavy (non-hydrogen) atoms. The fraction of sp³-hybridized carbons (Fsp3) is 0.682. The Bertz CT molecular complexity index is 884. The third-order valence-corrected chi connectivity index (χ3v) is 8.32. The van der Waals surface area contributed by atoms with E-state index in [1.54, 1.807) is 24.3 Å². The molecule has 2 unspecified atom stereocenters. The van der Waals surface area contributed by atoms with Gasteiger partial charge >= 0.3 is 6.18 Å². The van der Waals surface area contributed by atoms with E-state index in [9.17, 15) is 26.4 Å². The van der Waals surface area contributed by atoms with Crippen molar-refractivity contribution in [2.24, 2.45) is 11.8 Å². The van der Waals surface area contributed by atoms with Gasteiger partial charge in [-0.2, -0.15) is 17.5 Å². The first-order chi connectivity index (χ1) is 14.3. The van der Waals surface area contributed by atoms with Crippen LogP contribution < -0.4 is 0 Å². The van der Waals surface area contributed by atoms with Crippen molar-refractivity contribution in [3.63, 3.8) is 0 Å². The Labute approximate surface area is 182 Å². The minimum absolute atomic E-state index is 0.0151. The van der Waals surface area contributed by atoms with E-state index in [2.05, 4.69) is 0 Å². The molecule has 2 atom stereocenters. The number of carbonyl (C=O) groups excluding carboxylic acids is 1. The summed E-state index contributed by atoms with van der Waals surface area (Å²) >= 11 is 0. The third-order valence-electron chi connectivity index (χ3n) is 6.41. The molecule has 1 saturated heterocycles. The summed E-state index contributed by atoms with van der Waals surface area (Å²) in [6.45, 7) is 6.52. The number of alkyl halides is 3. The Morgan fingerprint density at radius 1 is 0.935 bits per heavy atom. The lowest BCUT2D eigenvalue weighted by molar-refractivity contribution is -0.201. The number of hydrogen-bond donors (Lipinski definition) is 0. The van der Waals surface area contributed by atoms with Crippen LogP contribution in [0.4, 0.5) is 13.2 Å². The van der Waals surface area contributed by atoms with Gasteiger partial charge in [-0.1, -0.05) is 45.7 Å². The summed E-state index contributed by atoms with van der Waals surface area (Å²) < 4.78 is 67.4. The van der Waals surface area contributed by atoms with Crippen LogP contribution in [-0.2, 0) is 20.2 Å². The number of halogens is 3. The standard InChI is InChI=1S/C22H31F3N2O3S/c1-21(2,3)16-8-10-17(11-9-16)31(29,30)27-14-12-26(13-15-27)20(28)18-6-4-5-7-19(18)22(23,24)25/h8-11,18-19H,4-7,12-15H2,1-3H3. The molecule has 1 saturated carbocycles. The van der Waals surface area contributed by atoms with Gasteiger partial charge in [-0.15, -0.1) is 0 Å². The summed E-state index contributed by atoms with van der Waals surface area (Å²) in [6.07, 6.45) is -3.07. The molecule has 1 heterocycles. The largest absolute Gasteiger partial charge is 0.392 e. The lowest BCUT2D eigenvalue weighted by atomic mass is 9.78. The van der Waals surface area contributed by atoms with Crippen LogP contribution in [-0.4, -0.2) is 55.9 Å². The fourth-order valence-electron chi connectivity index (χ4n) is 4.48. The minimum atomic E-state index is -4.38. The first kappa shape index (κ1) is 24.0. The zero-order valence-electron chi connectivity index (χ0n) is 18.3. The van der Waals surface area contributed by atoms with E-state index in [-0.39, 0.29) is 49.3 Å². The first-order valence-corrected chi connectivity index (χ1v) is 12.2. The molecule has 2 fully saturated rings. The minimum Gasteiger partial charge on any atom is -0.340 e. The fourth-order valence-corrected chi connectivity index (χ4v) is 5.90. The molecular weight excluding hydrogens is 429 g/mol. The van der Waals surface area contributed by atoms with Gasteiger partial charge in [-0.25, -0.2) is 8.42 Å². The van der Waals surface area contributed by atoms with Crippen LogP contribution in [0.15, 0.2) is 29.2 Å². The molecule has 174 valence electrons. The zero-order chi connectivity index (χ0) is 23.0. The van der Waals surface area contributed by atoms with E-state index in [4.69, 9.17) is 0 Å². The maximum Gasteiger partial charge on any atom is 0.392 e. The average Bonchev–Trinajstić information content (AvgIpc) is 2.72. The SMILES string of the molecule is CC(C)(C)c1ccc(S(=O)(=O)N2CCN(C(=O)C3CCCCC3C(F)(F)F)CC2)cc1. The number of rotatable bonds is 3. The van der Waals surface area contributed by atoms with Gasteiger partial charge in [0.15, 0.2) is 0 Å². The molecule has 3 rings (SSSR count). The predicted molar refractivity (Wildman–Crippen MR) is 112 cm³/mol. The van der Waals surface area contributed by atoms with Crippen molar-refractivity contribution in [3.8, 4) is 0 Å². The average molecular weight is 461 g/mol. The Kier molecular flexibility index (Phi) is 6.77. The summed E-state index contributed by atoms with van der Waals surface area (Å²) in [5.41, 5.74) is 0.926. The van der Waals surface area contributed by atoms with Gasteiger partial charge in [0, 0.05) is 32.1 Å². The molecule has 0 aromatic heterocycles. The second kappa shape index (κ2) is 8.73. The quantitative estimate of drug-likeness (QED) is 0.680. The van der Waals surface area contributed by atoms with Gasteiger partial charge in [0.05, 0.1) is 10.8 Å². The summed E-state index contributed by atoms with van der Waals surface area (Å²) in [5.74, 6) is -3.15. The van der Waals surface area contributed by atoms with Gasteiger partial charge in [0.1, 0.15) is 0 Å². The number of carbonyl (C=O) groups is 1. The number of sulfonamides is 1. The second-order valence-electron chi connectivity index (χ2n) is 9.54. The third kappa shape index (κ3) is 5.25. The molecule has 1 aliphatic carbocycles. The van der Waals surface area contributed by atoms with Gasteiger partial charge in [-0.05, 0) is 36.0 Å². The lowest BCUT2D eigenvalue weighted by Crippen LogP contribution is -2.53. The van der Waals surface area contributed by atoms with Crippen LogP contribution >= 0.6 is 0 Å². The van der Waals surface area contributed by atoms with Crippen LogP contribution in [0.3, 0.4) is 0 Å². The maximum atomic E-state index is 13.4. The van der Waals surface area contributed by atoms with E-state index in [0.717, 1.165) is 5.56 Å². The van der Waals surface area contributed by atoms with Crippen LogP contribution in [0.5, 0.6) is 0 Å². The molecule has 0 N–H and O–H groups in total. The van der Waals surface area contributed by atoms with Crippen LogP contribution in [0.2, 0.25) is 0 Å². The number of hydrogen-bond acceptors (Lipinski definition) is 3. The number of amides is 1. The monoisotopic (exact) mass is 460 g/mol. The van der Waals surface area contributed by atoms with Crippen molar-refractivity contribution in [2.45, 2.75) is 62.9 Å². The second-order valence-corrected chi connectivity index (χ2v) is 11.5. The van der Waals surface area contributed by atoms with Crippen molar-refractivity contribution in [1.29, 1.82) is 0 Å². The van der Waals surface area contributed by atoms with Gasteiger partial charge in [0.25, 0.3) is 0 Å². The summed E-state index contributed by atoms with van der Waals surface area (Å²) in [4.78, 5) is 14.4. The van der Waals surface area contributed by atoms with Crippen molar-refractivity contribution < 1.29 is 26.4 Å². The summed E-state index contributed by atoms with van der Waals surface area (Å²) in [5, 5.41) is 0. The van der Waals surface area contributed by atoms with Crippen molar-refractivity contribution in [3.05, 3.63) is 29.8 Å². The number of nitrogens with zero attached hydrogens (tertiary/aromatic N) is 2. The van der Waals surface area contributed by atoms with E-state index in [1.165, 1.54) is 9.21 Å². The number of benzene rings is 1. The van der Waals surface area contributed by atoms with Gasteiger partial charge in [0.2, 0.25) is 15.9 Å². The van der Waals surface area contributed by atoms with E-state index in [1.807, 2.05) is 20.8 Å². The molecular formula is C22H31F3N2O3S. The molecule has 9 heteroatoms. The zero-order valence-corrected chi connectivity index (χ0v) is 19.1. The smallest absolute Gasteiger partial charge is 0.340 e. The highest BCUT2D eigenvalue weighted by Crippen LogP contribution is 2.42. The van der Waals surface area contributed by atoms with Crippen LogP contribution in [0, 0.1) is 11.8 Å². The maximum absolute atomic E-state index is 13.4. The first-order valence-electron chi connectivity index (χ1n) is 10.8. The Morgan fingerprint density at radius 2 is 1.48 bits per heavy atom. The van der Waals surface area contributed by atoms with E-state index in [0.29, 0.717) is 12.8 Å². The Balaban J connectivity index is 1.66. The molecule has 1 aromatic rings. The molecule has 1 aliphatic heterocycles. The van der Waals surface area contributed by atoms with Gasteiger partial charge in [-0.3, -0.25) is 4.79 Å². The summed E-state index contributed by atoms with van der Waals surface area (Å²) in [7, 11) is -3.72. The van der Waals surface area contributed by atoms with Crippen molar-refractivity contribution in [2.75, 3.05) is 26.2 Å².